The first-order valence-corrected chi connectivity index (χ1v) is 3.83. The second-order valence-electron chi connectivity index (χ2n) is 1.41. The normalized spacial score (nSPS) is 11.9. The van der Waals surface area contributed by atoms with Crippen molar-refractivity contribution < 1.29 is 13.2 Å². The Hall–Kier alpha value is -0.281. The van der Waals surface area contributed by atoms with E-state index in [1.165, 1.54) is 0 Å². The monoisotopic (exact) mass is 201 g/mol. The molecule has 0 amide bonds. The van der Waals surface area contributed by atoms with Gasteiger partial charge in [-0.1, -0.05) is 0 Å². The van der Waals surface area contributed by atoms with Crippen LogP contribution in [0, 0.1) is 0 Å². The van der Waals surface area contributed by atoms with E-state index in [-0.39, 0.29) is 14.7 Å². The number of hydrogen-bond donors (Lipinski definition) is 0. The molecule has 0 aliphatic rings. The van der Waals surface area contributed by atoms with Crippen molar-refractivity contribution in [3.05, 3.63) is 16.7 Å². The Morgan fingerprint density at radius 2 is 2.11 bits per heavy atom. The van der Waals surface area contributed by atoms with Gasteiger partial charge in [0.2, 0.25) is 0 Å². The van der Waals surface area contributed by atoms with Gasteiger partial charge in [-0.3, -0.25) is 0 Å². The van der Waals surface area contributed by atoms with Crippen LogP contribution in [0.25, 0.3) is 0 Å². The van der Waals surface area contributed by atoms with E-state index < -0.39 is 11.7 Å². The summed E-state index contributed by atoms with van der Waals surface area (Å²) in [5.41, 5.74) is -0.609. The molecule has 0 unspecified atom stereocenters. The molecule has 0 saturated carbocycles. The Bertz CT molecular complexity index is 178. The van der Waals surface area contributed by atoms with Gasteiger partial charge >= 0.3 is 54.8 Å². The third-order valence-corrected chi connectivity index (χ3v) is 1.99. The molecule has 0 spiro atoms. The van der Waals surface area contributed by atoms with Gasteiger partial charge < -0.3 is 0 Å². The van der Waals surface area contributed by atoms with Gasteiger partial charge in [0.25, 0.3) is 0 Å². The number of rotatable bonds is 0. The molecule has 0 aliphatic carbocycles. The summed E-state index contributed by atoms with van der Waals surface area (Å²) in [6, 6.07) is 0. The Morgan fingerprint density at radius 1 is 1.44 bits per heavy atom. The molecule has 0 saturated heterocycles. The maximum absolute atomic E-state index is 11.6. The van der Waals surface area contributed by atoms with Gasteiger partial charge in [0.1, 0.15) is 0 Å². The standard InChI is InChI=1S/C4H2F3NSe/c5-4(6,7)3-1-8-9-2-3/h1-2H. The number of aromatic nitrogens is 1. The summed E-state index contributed by atoms with van der Waals surface area (Å²) >= 11 is -0.315. The molecule has 1 aromatic rings. The molecule has 0 aromatic carbocycles. The zero-order valence-corrected chi connectivity index (χ0v) is 5.86. The van der Waals surface area contributed by atoms with Crippen LogP contribution in [0.15, 0.2) is 11.1 Å². The Morgan fingerprint density at radius 3 is 2.33 bits per heavy atom. The van der Waals surface area contributed by atoms with E-state index in [9.17, 15) is 13.2 Å². The van der Waals surface area contributed by atoms with Gasteiger partial charge in [-0.2, -0.15) is 0 Å². The Kier molecular flexibility index (Phi) is 1.64. The van der Waals surface area contributed by atoms with Crippen molar-refractivity contribution in [3.8, 4) is 0 Å². The van der Waals surface area contributed by atoms with Crippen LogP contribution in [0.2, 0.25) is 0 Å². The minimum atomic E-state index is -4.19. The topological polar surface area (TPSA) is 12.9 Å². The average molecular weight is 200 g/mol. The third kappa shape index (κ3) is 1.56. The van der Waals surface area contributed by atoms with E-state index in [0.29, 0.717) is 0 Å². The molecule has 0 aliphatic heterocycles. The van der Waals surface area contributed by atoms with E-state index in [0.717, 1.165) is 11.1 Å². The maximum atomic E-state index is 11.6. The fourth-order valence-electron chi connectivity index (χ4n) is 0.345. The quantitative estimate of drug-likeness (QED) is 0.572. The molecule has 0 bridgehead atoms. The molecule has 1 nitrogen and oxygen atoms in total. The number of hydrogen-bond acceptors (Lipinski definition) is 1. The SMILES string of the molecule is FC(F)(F)c1cn[se]c1. The molecule has 50 valence electrons. The summed E-state index contributed by atoms with van der Waals surface area (Å²) in [5.74, 6) is 0. The summed E-state index contributed by atoms with van der Waals surface area (Å²) in [4.78, 5) is 1.12. The second kappa shape index (κ2) is 2.15. The van der Waals surface area contributed by atoms with Gasteiger partial charge in [-0.25, -0.2) is 0 Å². The van der Waals surface area contributed by atoms with Gasteiger partial charge in [0, 0.05) is 0 Å². The first-order valence-electron chi connectivity index (χ1n) is 2.07. The van der Waals surface area contributed by atoms with Crippen molar-refractivity contribution in [2.75, 3.05) is 0 Å². The molecule has 1 rings (SSSR count). The molecular formula is C4H2F3NSe. The van der Waals surface area contributed by atoms with Crippen LogP contribution in [0.3, 0.4) is 0 Å². The van der Waals surface area contributed by atoms with Crippen molar-refractivity contribution in [3.63, 3.8) is 0 Å². The second-order valence-corrected chi connectivity index (χ2v) is 2.79. The Balaban J connectivity index is 2.90. The van der Waals surface area contributed by atoms with Crippen molar-refractivity contribution in [1.29, 1.82) is 0 Å². The Labute approximate surface area is 55.5 Å². The first kappa shape index (κ1) is 6.83. The van der Waals surface area contributed by atoms with Crippen LogP contribution in [0.4, 0.5) is 13.2 Å². The molecule has 9 heavy (non-hydrogen) atoms. The van der Waals surface area contributed by atoms with Crippen LogP contribution in [-0.4, -0.2) is 18.7 Å². The van der Waals surface area contributed by atoms with E-state index in [1.807, 2.05) is 0 Å². The van der Waals surface area contributed by atoms with Gasteiger partial charge in [-0.05, 0) is 0 Å². The molecule has 5 heteroatoms. The fourth-order valence-corrected chi connectivity index (χ4v) is 1.48. The molecule has 0 N–H and O–H groups in total. The number of alkyl halides is 3. The zero-order chi connectivity index (χ0) is 6.91. The van der Waals surface area contributed by atoms with Crippen molar-refractivity contribution in [2.24, 2.45) is 0 Å². The molecule has 0 radical (unpaired) electrons. The summed E-state index contributed by atoms with van der Waals surface area (Å²) in [6.07, 6.45) is -3.32. The van der Waals surface area contributed by atoms with Crippen LogP contribution < -0.4 is 0 Å². The minimum absolute atomic E-state index is 0.315. The number of nitrogens with zero attached hydrogens (tertiary/aromatic N) is 1. The van der Waals surface area contributed by atoms with Crippen molar-refractivity contribution in [2.45, 2.75) is 6.18 Å². The zero-order valence-electron chi connectivity index (χ0n) is 4.14. The van der Waals surface area contributed by atoms with E-state index in [1.54, 1.807) is 0 Å². The fraction of sp³-hybridized carbons (Fsp3) is 0.250. The van der Waals surface area contributed by atoms with E-state index in [2.05, 4.69) is 3.98 Å². The average Bonchev–Trinajstić information content (AvgIpc) is 2.08. The van der Waals surface area contributed by atoms with Crippen LogP contribution >= 0.6 is 0 Å². The van der Waals surface area contributed by atoms with Gasteiger partial charge in [0.05, 0.1) is 0 Å². The summed E-state index contributed by atoms with van der Waals surface area (Å²) in [5, 5.41) is 0. The van der Waals surface area contributed by atoms with Gasteiger partial charge in [0.15, 0.2) is 0 Å². The van der Waals surface area contributed by atoms with Crippen LogP contribution in [-0.2, 0) is 6.18 Å². The van der Waals surface area contributed by atoms with Crippen molar-refractivity contribution in [1.82, 2.24) is 3.98 Å². The third-order valence-electron chi connectivity index (χ3n) is 0.760. The van der Waals surface area contributed by atoms with Crippen LogP contribution in [0.1, 0.15) is 5.56 Å². The van der Waals surface area contributed by atoms with Crippen molar-refractivity contribution >= 4 is 14.7 Å². The summed E-state index contributed by atoms with van der Waals surface area (Å²) in [6.45, 7) is 0. The molecular weight excluding hydrogens is 198 g/mol. The van der Waals surface area contributed by atoms with Crippen LogP contribution in [0.5, 0.6) is 0 Å². The number of halogens is 3. The predicted octanol–water partition coefficient (Wildman–Crippen LogP) is 1.16. The predicted molar refractivity (Wildman–Crippen MR) is 26.2 cm³/mol. The first-order chi connectivity index (χ1) is 4.11. The summed E-state index contributed by atoms with van der Waals surface area (Å²) < 4.78 is 38.3. The molecule has 0 atom stereocenters. The van der Waals surface area contributed by atoms with Gasteiger partial charge in [-0.15, -0.1) is 0 Å². The van der Waals surface area contributed by atoms with E-state index in [4.69, 9.17) is 0 Å². The summed E-state index contributed by atoms with van der Waals surface area (Å²) in [7, 11) is 0. The molecule has 0 fully saturated rings. The van der Waals surface area contributed by atoms with E-state index >= 15 is 0 Å². The molecule has 1 aromatic heterocycles. The molecule has 1 heterocycles.